The van der Waals surface area contributed by atoms with Crippen LogP contribution in [-0.2, 0) is 14.9 Å². The van der Waals surface area contributed by atoms with Gasteiger partial charge in [-0.2, -0.15) is 0 Å². The zero-order valence-electron chi connectivity index (χ0n) is 27.5. The molecular weight excluding hydrogens is 692 g/mol. The molecule has 3 heterocycles. The van der Waals surface area contributed by atoms with Gasteiger partial charge in [-0.05, 0) is 82.9 Å². The van der Waals surface area contributed by atoms with Crippen LogP contribution in [0.1, 0.15) is 84.4 Å². The summed E-state index contributed by atoms with van der Waals surface area (Å²) < 4.78 is 27.4. The van der Waals surface area contributed by atoms with Gasteiger partial charge in [0.1, 0.15) is 23.0 Å². The zero-order chi connectivity index (χ0) is 36.9. The van der Waals surface area contributed by atoms with Gasteiger partial charge in [0.25, 0.3) is 0 Å². The molecular formula is C43H20O11. The average Bonchev–Trinajstić information content (AvgIpc) is 3.76. The standard InChI is InChI=1S/C43H20O11/c44-37(21-9-13-27-29(17-21)41(48)53-39(27)46)50-23-12-16-35-34(19-23)43(31-7-3-1-5-25(31)26-6-2-4-8-32(26)43)33-15-11-24(20-36(33)52-35)51-38(45)22-10-14-28-30(18-22)42(49)54-40(28)47/h1-20H. The van der Waals surface area contributed by atoms with E-state index < -0.39 is 41.2 Å². The number of fused-ring (bicyclic) bond motifs is 11. The summed E-state index contributed by atoms with van der Waals surface area (Å²) in [5.41, 5.74) is 4.58. The smallest absolute Gasteiger partial charge is 0.346 e. The molecule has 0 aromatic heterocycles. The van der Waals surface area contributed by atoms with Crippen molar-refractivity contribution in [2.24, 2.45) is 0 Å². The van der Waals surface area contributed by atoms with Gasteiger partial charge in [-0.3, -0.25) is 0 Å². The molecule has 10 rings (SSSR count). The lowest BCUT2D eigenvalue weighted by Crippen LogP contribution is -2.32. The summed E-state index contributed by atoms with van der Waals surface area (Å²) in [5, 5.41) is 0. The Morgan fingerprint density at radius 1 is 0.407 bits per heavy atom. The number of hydrogen-bond acceptors (Lipinski definition) is 11. The van der Waals surface area contributed by atoms with E-state index in [2.05, 4.69) is 9.47 Å². The SMILES string of the molecule is O=C(Oc1ccc2c(c1)Oc1ccc(OC(=O)c3ccc4c(c3)C(=O)OC4=O)cc1C21c2ccccc2-c2ccccc21)c1ccc2c(c1)C(=O)OC2=O. The fourth-order valence-corrected chi connectivity index (χ4v) is 7.75. The van der Waals surface area contributed by atoms with E-state index in [-0.39, 0.29) is 44.9 Å². The van der Waals surface area contributed by atoms with Gasteiger partial charge >= 0.3 is 35.8 Å². The number of carbonyl (C=O) groups is 6. The van der Waals surface area contributed by atoms with Crippen molar-refractivity contribution < 1.29 is 52.5 Å². The molecule has 0 bridgehead atoms. The molecule has 258 valence electrons. The molecule has 4 aliphatic rings. The zero-order valence-corrected chi connectivity index (χ0v) is 27.5. The van der Waals surface area contributed by atoms with Crippen molar-refractivity contribution >= 4 is 35.8 Å². The highest BCUT2D eigenvalue weighted by atomic mass is 16.6. The molecule has 0 saturated heterocycles. The van der Waals surface area contributed by atoms with Crippen LogP contribution >= 0.6 is 0 Å². The first-order valence-electron chi connectivity index (χ1n) is 16.6. The fourth-order valence-electron chi connectivity index (χ4n) is 7.75. The van der Waals surface area contributed by atoms with Crippen LogP contribution in [0.25, 0.3) is 11.1 Å². The van der Waals surface area contributed by atoms with Crippen LogP contribution < -0.4 is 14.2 Å². The molecule has 0 amide bonds. The molecule has 54 heavy (non-hydrogen) atoms. The normalized spacial score (nSPS) is 14.8. The van der Waals surface area contributed by atoms with Crippen LogP contribution in [0.15, 0.2) is 121 Å². The van der Waals surface area contributed by atoms with E-state index in [1.54, 1.807) is 30.3 Å². The van der Waals surface area contributed by atoms with E-state index >= 15 is 0 Å². The monoisotopic (exact) mass is 712 g/mol. The van der Waals surface area contributed by atoms with Gasteiger partial charge in [0.05, 0.1) is 38.8 Å². The Hall–Kier alpha value is -7.66. The lowest BCUT2D eigenvalue weighted by atomic mass is 9.66. The first kappa shape index (κ1) is 31.1. The van der Waals surface area contributed by atoms with Crippen molar-refractivity contribution in [3.05, 3.63) is 177 Å². The molecule has 11 nitrogen and oxygen atoms in total. The summed E-state index contributed by atoms with van der Waals surface area (Å²) in [7, 11) is 0. The predicted molar refractivity (Wildman–Crippen MR) is 186 cm³/mol. The van der Waals surface area contributed by atoms with Crippen LogP contribution in [0.2, 0.25) is 0 Å². The van der Waals surface area contributed by atoms with Crippen molar-refractivity contribution in [3.8, 4) is 34.1 Å². The minimum Gasteiger partial charge on any atom is -0.457 e. The first-order valence-corrected chi connectivity index (χ1v) is 16.6. The molecule has 0 radical (unpaired) electrons. The number of ether oxygens (including phenoxy) is 5. The molecule has 11 heteroatoms. The van der Waals surface area contributed by atoms with Gasteiger partial charge < -0.3 is 23.7 Å². The third-order valence-corrected chi connectivity index (χ3v) is 10.1. The number of rotatable bonds is 4. The number of cyclic esters (lactones) is 4. The van der Waals surface area contributed by atoms with Crippen LogP contribution in [0, 0.1) is 0 Å². The van der Waals surface area contributed by atoms with E-state index in [0.29, 0.717) is 17.1 Å². The Labute approximate surface area is 304 Å². The molecule has 1 aliphatic carbocycles. The van der Waals surface area contributed by atoms with Gasteiger partial charge in [0, 0.05) is 17.2 Å². The molecule has 0 unspecified atom stereocenters. The summed E-state index contributed by atoms with van der Waals surface area (Å²) in [6.07, 6.45) is 0. The topological polar surface area (TPSA) is 149 Å². The van der Waals surface area contributed by atoms with E-state index in [1.807, 2.05) is 54.6 Å². The second kappa shape index (κ2) is 11.2. The largest absolute Gasteiger partial charge is 0.457 e. The van der Waals surface area contributed by atoms with Gasteiger partial charge in [0.15, 0.2) is 0 Å². The Morgan fingerprint density at radius 2 is 0.907 bits per heavy atom. The molecule has 1 spiro atoms. The van der Waals surface area contributed by atoms with E-state index in [1.165, 1.54) is 36.4 Å². The molecule has 3 aliphatic heterocycles. The van der Waals surface area contributed by atoms with Crippen molar-refractivity contribution in [1.82, 2.24) is 0 Å². The molecule has 6 aromatic carbocycles. The molecule has 6 aromatic rings. The predicted octanol–water partition coefficient (Wildman–Crippen LogP) is 7.22. The summed E-state index contributed by atoms with van der Waals surface area (Å²) in [4.78, 5) is 74.8. The number of esters is 6. The second-order valence-corrected chi connectivity index (χ2v) is 12.9. The summed E-state index contributed by atoms with van der Waals surface area (Å²) >= 11 is 0. The minimum atomic E-state index is -0.967. The quantitative estimate of drug-likeness (QED) is 0.103. The first-order chi connectivity index (χ1) is 26.2. The van der Waals surface area contributed by atoms with Gasteiger partial charge in [-0.15, -0.1) is 0 Å². The van der Waals surface area contributed by atoms with Crippen molar-refractivity contribution in [3.63, 3.8) is 0 Å². The number of carbonyl (C=O) groups excluding carboxylic acids is 6. The highest BCUT2D eigenvalue weighted by Gasteiger charge is 2.51. The van der Waals surface area contributed by atoms with Crippen LogP contribution in [-0.4, -0.2) is 35.8 Å². The Balaban J connectivity index is 1.06. The minimum absolute atomic E-state index is 0.0125. The third-order valence-electron chi connectivity index (χ3n) is 10.1. The average molecular weight is 713 g/mol. The number of hydrogen-bond donors (Lipinski definition) is 0. The molecule has 0 N–H and O–H groups in total. The lowest BCUT2D eigenvalue weighted by molar-refractivity contribution is 0.0425. The lowest BCUT2D eigenvalue weighted by Gasteiger charge is -2.39. The Morgan fingerprint density at radius 3 is 1.48 bits per heavy atom. The summed E-state index contributed by atoms with van der Waals surface area (Å²) in [6.45, 7) is 0. The van der Waals surface area contributed by atoms with E-state index in [0.717, 1.165) is 27.8 Å². The highest BCUT2D eigenvalue weighted by Crippen LogP contribution is 2.62. The van der Waals surface area contributed by atoms with Crippen molar-refractivity contribution in [2.45, 2.75) is 5.41 Å². The van der Waals surface area contributed by atoms with Gasteiger partial charge in [-0.25, -0.2) is 28.8 Å². The second-order valence-electron chi connectivity index (χ2n) is 12.9. The maximum Gasteiger partial charge on any atom is 0.346 e. The fraction of sp³-hybridized carbons (Fsp3) is 0.0233. The van der Waals surface area contributed by atoms with Crippen molar-refractivity contribution in [1.29, 1.82) is 0 Å². The van der Waals surface area contributed by atoms with E-state index in [4.69, 9.17) is 14.2 Å². The van der Waals surface area contributed by atoms with Gasteiger partial charge in [-0.1, -0.05) is 54.6 Å². The van der Waals surface area contributed by atoms with Crippen molar-refractivity contribution in [2.75, 3.05) is 0 Å². The molecule has 0 saturated carbocycles. The van der Waals surface area contributed by atoms with E-state index in [9.17, 15) is 28.8 Å². The van der Waals surface area contributed by atoms with Crippen LogP contribution in [0.5, 0.6) is 23.0 Å². The highest BCUT2D eigenvalue weighted by molar-refractivity contribution is 6.16. The Bertz CT molecular complexity index is 2730. The maximum atomic E-state index is 13.4. The van der Waals surface area contributed by atoms with Crippen LogP contribution in [0.3, 0.4) is 0 Å². The summed E-state index contributed by atoms with van der Waals surface area (Å²) in [6, 6.07) is 34.1. The summed E-state index contributed by atoms with van der Waals surface area (Å²) in [5.74, 6) is -3.49. The van der Waals surface area contributed by atoms with Crippen LogP contribution in [0.4, 0.5) is 0 Å². The Kier molecular flexibility index (Phi) is 6.43. The maximum absolute atomic E-state index is 13.4. The number of benzene rings is 6. The van der Waals surface area contributed by atoms with Gasteiger partial charge in [0.2, 0.25) is 0 Å². The molecule has 0 atom stereocenters. The third kappa shape index (κ3) is 4.35. The molecule has 0 fully saturated rings.